The second-order valence-corrected chi connectivity index (χ2v) is 9.89. The summed E-state index contributed by atoms with van der Waals surface area (Å²) in [6.07, 6.45) is 0. The Morgan fingerprint density at radius 2 is 1.81 bits per heavy atom. The first-order valence-electron chi connectivity index (χ1n) is 9.92. The van der Waals surface area contributed by atoms with E-state index in [4.69, 9.17) is 0 Å². The first-order chi connectivity index (χ1) is 15.5. The molecule has 0 aliphatic carbocycles. The van der Waals surface area contributed by atoms with Crippen molar-refractivity contribution in [3.8, 4) is 0 Å². The van der Waals surface area contributed by atoms with Gasteiger partial charge in [0, 0.05) is 17.9 Å². The van der Waals surface area contributed by atoms with Gasteiger partial charge in [-0.1, -0.05) is 54.2 Å². The second kappa shape index (κ2) is 9.56. The maximum absolute atomic E-state index is 12.9. The van der Waals surface area contributed by atoms with Crippen molar-refractivity contribution in [2.45, 2.75) is 22.3 Å². The van der Waals surface area contributed by atoms with Crippen molar-refractivity contribution < 1.29 is 13.2 Å². The normalized spacial score (nSPS) is 11.5. The molecule has 1 heterocycles. The second-order valence-electron chi connectivity index (χ2n) is 7.04. The van der Waals surface area contributed by atoms with E-state index in [0.717, 1.165) is 21.8 Å². The van der Waals surface area contributed by atoms with Crippen LogP contribution < -0.4 is 10.0 Å². The number of H-pyrrole nitrogens is 1. The summed E-state index contributed by atoms with van der Waals surface area (Å²) in [5.41, 5.74) is 4.05. The summed E-state index contributed by atoms with van der Waals surface area (Å²) in [6, 6.07) is 21.8. The van der Waals surface area contributed by atoms with Crippen LogP contribution in [0.1, 0.15) is 21.5 Å². The van der Waals surface area contributed by atoms with E-state index in [1.165, 1.54) is 24.9 Å². The standard InChI is InChI=1S/C23H22N4O3S2/c1-24-32(29,30)18-9-6-7-16(13-18)14-25-22(28)19-10-3-2-8-17(19)15-31-23-26-20-11-4-5-12-21(20)27-23/h2-13,24H,14-15H2,1H3,(H,25,28)(H,26,27). The summed E-state index contributed by atoms with van der Waals surface area (Å²) in [5, 5.41) is 3.68. The molecule has 0 saturated carbocycles. The van der Waals surface area contributed by atoms with Crippen molar-refractivity contribution in [2.24, 2.45) is 0 Å². The number of hydrogen-bond donors (Lipinski definition) is 3. The molecule has 9 heteroatoms. The van der Waals surface area contributed by atoms with E-state index in [2.05, 4.69) is 20.0 Å². The minimum atomic E-state index is -3.54. The SMILES string of the molecule is CNS(=O)(=O)c1cccc(CNC(=O)c2ccccc2CSc2nc3ccccc3[nH]2)c1. The molecular weight excluding hydrogens is 444 g/mol. The molecular formula is C23H22N4O3S2. The molecule has 164 valence electrons. The van der Waals surface area contributed by atoms with Crippen molar-refractivity contribution in [1.29, 1.82) is 0 Å². The number of aromatic amines is 1. The van der Waals surface area contributed by atoms with Crippen molar-refractivity contribution in [3.05, 3.63) is 89.5 Å². The molecule has 7 nitrogen and oxygen atoms in total. The Labute approximate surface area is 190 Å². The lowest BCUT2D eigenvalue weighted by Crippen LogP contribution is -2.24. The zero-order valence-corrected chi connectivity index (χ0v) is 19.0. The Bertz CT molecular complexity index is 1330. The van der Waals surface area contributed by atoms with E-state index in [9.17, 15) is 13.2 Å². The fraction of sp³-hybridized carbons (Fsp3) is 0.130. The Hall–Kier alpha value is -3.14. The van der Waals surface area contributed by atoms with Gasteiger partial charge in [0.15, 0.2) is 5.16 Å². The summed E-state index contributed by atoms with van der Waals surface area (Å²) >= 11 is 1.53. The number of rotatable bonds is 8. The number of amides is 1. The molecule has 4 aromatic rings. The molecule has 0 radical (unpaired) electrons. The zero-order valence-electron chi connectivity index (χ0n) is 17.3. The third-order valence-corrected chi connectivity index (χ3v) is 7.26. The van der Waals surface area contributed by atoms with Gasteiger partial charge in [-0.15, -0.1) is 0 Å². The predicted molar refractivity (Wildman–Crippen MR) is 126 cm³/mol. The number of hydrogen-bond acceptors (Lipinski definition) is 5. The maximum Gasteiger partial charge on any atom is 0.251 e. The molecule has 0 bridgehead atoms. The minimum Gasteiger partial charge on any atom is -0.348 e. The topological polar surface area (TPSA) is 104 Å². The highest BCUT2D eigenvalue weighted by atomic mass is 32.2. The summed E-state index contributed by atoms with van der Waals surface area (Å²) in [5.74, 6) is 0.368. The van der Waals surface area contributed by atoms with Gasteiger partial charge >= 0.3 is 0 Å². The van der Waals surface area contributed by atoms with E-state index in [1.54, 1.807) is 24.3 Å². The molecule has 0 fully saturated rings. The van der Waals surface area contributed by atoms with Crippen LogP contribution in [0.4, 0.5) is 0 Å². The molecule has 0 spiro atoms. The van der Waals surface area contributed by atoms with Crippen molar-refractivity contribution in [2.75, 3.05) is 7.05 Å². The fourth-order valence-electron chi connectivity index (χ4n) is 3.23. The Morgan fingerprint density at radius 3 is 2.62 bits per heavy atom. The molecule has 1 amide bonds. The molecule has 1 aromatic heterocycles. The average Bonchev–Trinajstić information content (AvgIpc) is 3.24. The highest BCUT2D eigenvalue weighted by molar-refractivity contribution is 7.98. The predicted octanol–water partition coefficient (Wildman–Crippen LogP) is 3.69. The van der Waals surface area contributed by atoms with Crippen LogP contribution in [-0.2, 0) is 22.3 Å². The molecule has 0 aliphatic rings. The zero-order chi connectivity index (χ0) is 22.6. The lowest BCUT2D eigenvalue weighted by Gasteiger charge is -2.10. The van der Waals surface area contributed by atoms with Crippen LogP contribution in [0, 0.1) is 0 Å². The van der Waals surface area contributed by atoms with Gasteiger partial charge in [0.25, 0.3) is 5.91 Å². The molecule has 32 heavy (non-hydrogen) atoms. The Morgan fingerprint density at radius 1 is 1.03 bits per heavy atom. The Kier molecular flexibility index (Phi) is 6.59. The molecule has 0 saturated heterocycles. The number of nitrogens with zero attached hydrogens (tertiary/aromatic N) is 1. The molecule has 0 aliphatic heterocycles. The van der Waals surface area contributed by atoms with Crippen LogP contribution >= 0.6 is 11.8 Å². The van der Waals surface area contributed by atoms with Gasteiger partial charge in [-0.2, -0.15) is 0 Å². The third-order valence-electron chi connectivity index (χ3n) is 4.92. The molecule has 0 atom stereocenters. The number of sulfonamides is 1. The number of carbonyl (C=O) groups is 1. The highest BCUT2D eigenvalue weighted by Crippen LogP contribution is 2.24. The number of thioether (sulfide) groups is 1. The summed E-state index contributed by atoms with van der Waals surface area (Å²) in [6.45, 7) is 0.219. The number of imidazole rings is 1. The lowest BCUT2D eigenvalue weighted by molar-refractivity contribution is 0.0950. The van der Waals surface area contributed by atoms with Crippen LogP contribution in [0.3, 0.4) is 0 Å². The van der Waals surface area contributed by atoms with Crippen molar-refractivity contribution in [1.82, 2.24) is 20.0 Å². The number of aromatic nitrogens is 2. The number of nitrogens with one attached hydrogen (secondary N) is 3. The number of fused-ring (bicyclic) bond motifs is 1. The maximum atomic E-state index is 12.9. The van der Waals surface area contributed by atoms with Gasteiger partial charge < -0.3 is 10.3 Å². The van der Waals surface area contributed by atoms with Gasteiger partial charge in [-0.3, -0.25) is 4.79 Å². The van der Waals surface area contributed by atoms with Gasteiger partial charge in [-0.25, -0.2) is 18.1 Å². The summed E-state index contributed by atoms with van der Waals surface area (Å²) in [7, 11) is -2.17. The lowest BCUT2D eigenvalue weighted by atomic mass is 10.1. The van der Waals surface area contributed by atoms with Crippen LogP contribution in [0.25, 0.3) is 11.0 Å². The van der Waals surface area contributed by atoms with Crippen LogP contribution in [-0.4, -0.2) is 31.3 Å². The molecule has 3 N–H and O–H groups in total. The van der Waals surface area contributed by atoms with Gasteiger partial charge in [-0.05, 0) is 48.5 Å². The first kappa shape index (κ1) is 22.1. The first-order valence-corrected chi connectivity index (χ1v) is 12.4. The largest absolute Gasteiger partial charge is 0.348 e. The number of para-hydroxylation sites is 2. The van der Waals surface area contributed by atoms with Crippen LogP contribution in [0.2, 0.25) is 0 Å². The fourth-order valence-corrected chi connectivity index (χ4v) is 4.92. The van der Waals surface area contributed by atoms with Gasteiger partial charge in [0.1, 0.15) is 0 Å². The van der Waals surface area contributed by atoms with Crippen LogP contribution in [0.15, 0.2) is 82.8 Å². The highest BCUT2D eigenvalue weighted by Gasteiger charge is 2.14. The van der Waals surface area contributed by atoms with E-state index < -0.39 is 10.0 Å². The van der Waals surface area contributed by atoms with Crippen LogP contribution in [0.5, 0.6) is 0 Å². The summed E-state index contributed by atoms with van der Waals surface area (Å²) in [4.78, 5) is 20.9. The third kappa shape index (κ3) is 5.01. The van der Waals surface area contributed by atoms with Crippen molar-refractivity contribution >= 4 is 38.7 Å². The minimum absolute atomic E-state index is 0.161. The summed E-state index contributed by atoms with van der Waals surface area (Å²) < 4.78 is 26.3. The molecule has 3 aromatic carbocycles. The molecule has 0 unspecified atom stereocenters. The van der Waals surface area contributed by atoms with Gasteiger partial charge in [0.05, 0.1) is 15.9 Å². The van der Waals surface area contributed by atoms with Gasteiger partial charge in [0.2, 0.25) is 10.0 Å². The van der Waals surface area contributed by atoms with E-state index in [1.807, 2.05) is 42.5 Å². The monoisotopic (exact) mass is 466 g/mol. The van der Waals surface area contributed by atoms with E-state index in [-0.39, 0.29) is 17.3 Å². The van der Waals surface area contributed by atoms with E-state index >= 15 is 0 Å². The smallest absolute Gasteiger partial charge is 0.251 e. The Balaban J connectivity index is 1.44. The van der Waals surface area contributed by atoms with Crippen molar-refractivity contribution in [3.63, 3.8) is 0 Å². The number of carbonyl (C=O) groups excluding carboxylic acids is 1. The number of benzene rings is 3. The average molecular weight is 467 g/mol. The molecule has 4 rings (SSSR count). The quantitative estimate of drug-likeness (QED) is 0.344. The van der Waals surface area contributed by atoms with E-state index in [0.29, 0.717) is 16.9 Å².